The first kappa shape index (κ1) is 22.5. The molecule has 35 heavy (non-hydrogen) atoms. The Morgan fingerprint density at radius 2 is 1.91 bits per heavy atom. The zero-order valence-corrected chi connectivity index (χ0v) is 20.8. The molecule has 0 atom stereocenters. The maximum absolute atomic E-state index is 15.0. The third kappa shape index (κ3) is 4.78. The number of nitrogens with one attached hydrogen (secondary N) is 2. The van der Waals surface area contributed by atoms with Gasteiger partial charge in [0.1, 0.15) is 23.1 Å². The molecule has 0 unspecified atom stereocenters. The van der Waals surface area contributed by atoms with E-state index in [1.807, 2.05) is 48.2 Å². The number of hydrogen-bond donors (Lipinski definition) is 2. The van der Waals surface area contributed by atoms with Gasteiger partial charge < -0.3 is 10.2 Å². The number of carbonyl (C=O) groups excluding carboxylic acids is 1. The molecule has 2 N–H and O–H groups in total. The van der Waals surface area contributed by atoms with Crippen molar-refractivity contribution in [1.82, 2.24) is 20.2 Å². The molecule has 0 radical (unpaired) electrons. The molecule has 2 aromatic heterocycles. The Balaban J connectivity index is 1.20. The van der Waals surface area contributed by atoms with Gasteiger partial charge in [-0.15, -0.1) is 0 Å². The van der Waals surface area contributed by atoms with Crippen LogP contribution in [0.1, 0.15) is 43.9 Å². The summed E-state index contributed by atoms with van der Waals surface area (Å²) < 4.78 is 15.0. The molecule has 6 rings (SSSR count). The summed E-state index contributed by atoms with van der Waals surface area (Å²) in [5.41, 5.74) is 0.778. The highest BCUT2D eigenvalue weighted by atomic mass is 32.2. The second-order valence-corrected chi connectivity index (χ2v) is 11.6. The smallest absolute Gasteiger partial charge is 0.196 e. The van der Waals surface area contributed by atoms with E-state index in [2.05, 4.69) is 27.4 Å². The maximum atomic E-state index is 15.0. The number of ketones is 1. The maximum Gasteiger partial charge on any atom is 0.196 e. The topological polar surface area (TPSA) is 86.8 Å². The molecule has 7 nitrogen and oxygen atoms in total. The Labute approximate surface area is 208 Å². The first-order valence-corrected chi connectivity index (χ1v) is 13.0. The van der Waals surface area contributed by atoms with Crippen molar-refractivity contribution in [2.45, 2.75) is 61.7 Å². The highest BCUT2D eigenvalue weighted by Crippen LogP contribution is 2.48. The Hall–Kier alpha value is -2.94. The number of nitrogens with zero attached hydrogens (tertiary/aromatic N) is 4. The quantitative estimate of drug-likeness (QED) is 0.394. The Morgan fingerprint density at radius 1 is 1.17 bits per heavy atom. The molecule has 3 aliphatic rings. The first-order valence-electron chi connectivity index (χ1n) is 12.2. The average Bonchev–Trinajstić information content (AvgIpc) is 3.73. The van der Waals surface area contributed by atoms with Crippen LogP contribution in [0.2, 0.25) is 0 Å². The van der Waals surface area contributed by atoms with E-state index in [1.165, 1.54) is 11.8 Å². The molecule has 3 aromatic rings. The van der Waals surface area contributed by atoms with Crippen LogP contribution in [0.5, 0.6) is 0 Å². The molecule has 2 aliphatic carbocycles. The van der Waals surface area contributed by atoms with Crippen LogP contribution in [0.4, 0.5) is 21.8 Å². The van der Waals surface area contributed by atoms with Gasteiger partial charge in [-0.05, 0) is 68.0 Å². The molecule has 0 spiro atoms. The number of rotatable bonds is 9. The fourth-order valence-corrected chi connectivity index (χ4v) is 5.32. The molecule has 1 saturated heterocycles. The number of aryl methyl sites for hydroxylation is 1. The SMILES string of the molecule is Cc1cc(Nc2cc(N3CC(F)(C4CC4)C3)nc(Sc3ccc(CC(=O)C4(C)CC4)cc3)n2)n[nH]1. The van der Waals surface area contributed by atoms with Crippen LogP contribution in [-0.4, -0.2) is 44.7 Å². The summed E-state index contributed by atoms with van der Waals surface area (Å²) in [6.45, 7) is 4.74. The summed E-state index contributed by atoms with van der Waals surface area (Å²) in [5.74, 6) is 2.52. The molecule has 3 fully saturated rings. The molecule has 182 valence electrons. The number of benzene rings is 1. The van der Waals surface area contributed by atoms with Crippen LogP contribution in [0, 0.1) is 18.3 Å². The summed E-state index contributed by atoms with van der Waals surface area (Å²) in [6.07, 6.45) is 4.46. The lowest BCUT2D eigenvalue weighted by atomic mass is 9.91. The van der Waals surface area contributed by atoms with Crippen molar-refractivity contribution in [1.29, 1.82) is 0 Å². The van der Waals surface area contributed by atoms with Gasteiger partial charge in [0.25, 0.3) is 0 Å². The minimum Gasteiger partial charge on any atom is -0.350 e. The lowest BCUT2D eigenvalue weighted by Crippen LogP contribution is -2.60. The van der Waals surface area contributed by atoms with Crippen molar-refractivity contribution >= 4 is 35.0 Å². The fraction of sp³-hybridized carbons (Fsp3) is 0.462. The third-order valence-corrected chi connectivity index (χ3v) is 8.24. The number of anilines is 3. The highest BCUT2D eigenvalue weighted by molar-refractivity contribution is 7.99. The van der Waals surface area contributed by atoms with Crippen LogP contribution >= 0.6 is 11.8 Å². The van der Waals surface area contributed by atoms with Crippen molar-refractivity contribution in [2.75, 3.05) is 23.3 Å². The van der Waals surface area contributed by atoms with E-state index in [1.54, 1.807) is 0 Å². The molecule has 9 heteroatoms. The van der Waals surface area contributed by atoms with Gasteiger partial charge in [0.15, 0.2) is 11.0 Å². The van der Waals surface area contributed by atoms with Gasteiger partial charge in [-0.1, -0.05) is 19.1 Å². The van der Waals surface area contributed by atoms with E-state index in [0.717, 1.165) is 41.8 Å². The monoisotopic (exact) mass is 492 g/mol. The summed E-state index contributed by atoms with van der Waals surface area (Å²) in [7, 11) is 0. The fourth-order valence-electron chi connectivity index (χ4n) is 4.55. The Kier molecular flexibility index (Phi) is 5.36. The van der Waals surface area contributed by atoms with E-state index in [9.17, 15) is 9.18 Å². The Morgan fingerprint density at radius 3 is 2.54 bits per heavy atom. The van der Waals surface area contributed by atoms with Crippen LogP contribution < -0.4 is 10.2 Å². The average molecular weight is 493 g/mol. The number of alkyl halides is 1. The predicted molar refractivity (Wildman–Crippen MR) is 134 cm³/mol. The molecule has 1 aromatic carbocycles. The van der Waals surface area contributed by atoms with Crippen LogP contribution in [-0.2, 0) is 11.2 Å². The van der Waals surface area contributed by atoms with Gasteiger partial charge in [0.2, 0.25) is 0 Å². The molecule has 2 saturated carbocycles. The lowest BCUT2D eigenvalue weighted by molar-refractivity contribution is -0.122. The molecular formula is C26H29FN6OS. The van der Waals surface area contributed by atoms with Gasteiger partial charge in [-0.25, -0.2) is 14.4 Å². The zero-order valence-electron chi connectivity index (χ0n) is 20.0. The second-order valence-electron chi connectivity index (χ2n) is 10.5. The number of carbonyl (C=O) groups is 1. The predicted octanol–water partition coefficient (Wildman–Crippen LogP) is 5.25. The molecule has 0 amide bonds. The van der Waals surface area contributed by atoms with Gasteiger partial charge >= 0.3 is 0 Å². The van der Waals surface area contributed by atoms with E-state index < -0.39 is 5.67 Å². The zero-order chi connectivity index (χ0) is 24.2. The minimum absolute atomic E-state index is 0.106. The van der Waals surface area contributed by atoms with Crippen LogP contribution in [0.15, 0.2) is 46.5 Å². The van der Waals surface area contributed by atoms with E-state index >= 15 is 0 Å². The molecular weight excluding hydrogens is 463 g/mol. The number of hydrogen-bond acceptors (Lipinski definition) is 7. The molecule has 1 aliphatic heterocycles. The van der Waals surface area contributed by atoms with E-state index in [4.69, 9.17) is 4.98 Å². The number of H-pyrrole nitrogens is 1. The van der Waals surface area contributed by atoms with Crippen molar-refractivity contribution < 1.29 is 9.18 Å². The van der Waals surface area contributed by atoms with Gasteiger partial charge in [-0.2, -0.15) is 5.10 Å². The number of aromatic amines is 1. The van der Waals surface area contributed by atoms with E-state index in [0.29, 0.717) is 47.9 Å². The number of aromatic nitrogens is 4. The molecule has 3 heterocycles. The van der Waals surface area contributed by atoms with E-state index in [-0.39, 0.29) is 11.3 Å². The lowest BCUT2D eigenvalue weighted by Gasteiger charge is -2.45. The van der Waals surface area contributed by atoms with Crippen LogP contribution in [0.3, 0.4) is 0 Å². The minimum atomic E-state index is -1.09. The first-order chi connectivity index (χ1) is 16.8. The normalized spacial score (nSPS) is 19.8. The van der Waals surface area contributed by atoms with Crippen molar-refractivity contribution in [3.05, 3.63) is 47.7 Å². The number of Topliss-reactive ketones (excluding diaryl/α,β-unsaturated/α-hetero) is 1. The van der Waals surface area contributed by atoms with Crippen molar-refractivity contribution in [2.24, 2.45) is 11.3 Å². The second kappa shape index (κ2) is 8.33. The third-order valence-electron chi connectivity index (χ3n) is 7.36. The van der Waals surface area contributed by atoms with Crippen molar-refractivity contribution in [3.8, 4) is 0 Å². The highest BCUT2D eigenvalue weighted by Gasteiger charge is 2.54. The summed E-state index contributed by atoms with van der Waals surface area (Å²) in [5, 5.41) is 11.0. The van der Waals surface area contributed by atoms with Crippen molar-refractivity contribution in [3.63, 3.8) is 0 Å². The molecule has 0 bridgehead atoms. The largest absolute Gasteiger partial charge is 0.350 e. The van der Waals surface area contributed by atoms with Gasteiger partial charge in [0, 0.05) is 34.6 Å². The van der Waals surface area contributed by atoms with Gasteiger partial charge in [-0.3, -0.25) is 9.89 Å². The number of halogens is 1. The summed E-state index contributed by atoms with van der Waals surface area (Å²) in [6, 6.07) is 11.8. The summed E-state index contributed by atoms with van der Waals surface area (Å²) >= 11 is 1.45. The Bertz CT molecular complexity index is 1260. The van der Waals surface area contributed by atoms with Crippen LogP contribution in [0.25, 0.3) is 0 Å². The summed E-state index contributed by atoms with van der Waals surface area (Å²) in [4.78, 5) is 24.8. The van der Waals surface area contributed by atoms with Gasteiger partial charge in [0.05, 0.1) is 13.1 Å². The standard InChI is InChI=1S/C26H29FN6OS/c1-16-11-22(32-31-16)28-21-13-23(33-14-26(27,15-33)18-5-6-18)30-24(29-21)35-19-7-3-17(4-8-19)12-20(34)25(2)9-10-25/h3-4,7-8,11,13,18H,5-6,9-10,12,14-15H2,1-2H3,(H2,28,29,30,31,32).